The van der Waals surface area contributed by atoms with Crippen molar-refractivity contribution in [2.24, 2.45) is 5.73 Å². The summed E-state index contributed by atoms with van der Waals surface area (Å²) in [5, 5.41) is 0. The normalized spacial score (nSPS) is 9.74. The SMILES string of the molecule is NCC#Cc1cccc(CSCc2ccccc2)c1. The van der Waals surface area contributed by atoms with Gasteiger partial charge in [0, 0.05) is 17.1 Å². The van der Waals surface area contributed by atoms with Crippen LogP contribution in [0.1, 0.15) is 16.7 Å². The smallest absolute Gasteiger partial charge is 0.0555 e. The highest BCUT2D eigenvalue weighted by atomic mass is 32.2. The fourth-order valence-electron chi connectivity index (χ4n) is 1.75. The second kappa shape index (κ2) is 7.68. The lowest BCUT2D eigenvalue weighted by atomic mass is 10.1. The molecule has 0 fully saturated rings. The first-order valence-corrected chi connectivity index (χ1v) is 7.43. The van der Waals surface area contributed by atoms with Crippen LogP contribution in [-0.4, -0.2) is 6.54 Å². The summed E-state index contributed by atoms with van der Waals surface area (Å²) in [6.45, 7) is 0.410. The molecule has 0 unspecified atom stereocenters. The highest BCUT2D eigenvalue weighted by molar-refractivity contribution is 7.97. The third-order valence-electron chi connectivity index (χ3n) is 2.64. The van der Waals surface area contributed by atoms with Crippen LogP contribution in [0, 0.1) is 11.8 Å². The van der Waals surface area contributed by atoms with Gasteiger partial charge in [-0.05, 0) is 23.3 Å². The molecule has 19 heavy (non-hydrogen) atoms. The van der Waals surface area contributed by atoms with Gasteiger partial charge in [-0.3, -0.25) is 0 Å². The van der Waals surface area contributed by atoms with Crippen LogP contribution >= 0.6 is 11.8 Å². The monoisotopic (exact) mass is 267 g/mol. The average Bonchev–Trinajstić information content (AvgIpc) is 2.47. The van der Waals surface area contributed by atoms with Crippen LogP contribution in [0.4, 0.5) is 0 Å². The van der Waals surface area contributed by atoms with E-state index in [-0.39, 0.29) is 0 Å². The molecule has 0 heterocycles. The number of nitrogens with two attached hydrogens (primary N) is 1. The zero-order valence-electron chi connectivity index (χ0n) is 10.8. The van der Waals surface area contributed by atoms with E-state index in [1.54, 1.807) is 0 Å². The van der Waals surface area contributed by atoms with Crippen LogP contribution in [0.25, 0.3) is 0 Å². The molecule has 2 N–H and O–H groups in total. The summed E-state index contributed by atoms with van der Waals surface area (Å²) >= 11 is 1.92. The Balaban J connectivity index is 1.89. The summed E-state index contributed by atoms with van der Waals surface area (Å²) in [6, 6.07) is 18.9. The Kier molecular flexibility index (Phi) is 5.55. The van der Waals surface area contributed by atoms with Crippen molar-refractivity contribution < 1.29 is 0 Å². The molecule has 2 aromatic rings. The summed E-state index contributed by atoms with van der Waals surface area (Å²) in [6.07, 6.45) is 0. The molecule has 2 aromatic carbocycles. The molecule has 0 bridgehead atoms. The fraction of sp³-hybridized carbons (Fsp3) is 0.176. The quantitative estimate of drug-likeness (QED) is 0.859. The Morgan fingerprint density at radius 2 is 1.63 bits per heavy atom. The molecule has 0 saturated carbocycles. The molecular formula is C17H17NS. The minimum atomic E-state index is 0.410. The van der Waals surface area contributed by atoms with E-state index in [0.717, 1.165) is 17.1 Å². The third kappa shape index (κ3) is 4.82. The van der Waals surface area contributed by atoms with Crippen LogP contribution in [0.5, 0.6) is 0 Å². The number of hydrogen-bond acceptors (Lipinski definition) is 2. The molecular weight excluding hydrogens is 250 g/mol. The molecule has 96 valence electrons. The van der Waals surface area contributed by atoms with Gasteiger partial charge in [0.15, 0.2) is 0 Å². The van der Waals surface area contributed by atoms with Crippen molar-refractivity contribution >= 4 is 11.8 Å². The van der Waals surface area contributed by atoms with E-state index >= 15 is 0 Å². The second-order valence-corrected chi connectivity index (χ2v) is 5.17. The van der Waals surface area contributed by atoms with E-state index in [1.165, 1.54) is 11.1 Å². The molecule has 0 aromatic heterocycles. The standard InChI is InChI=1S/C17H17NS/c18-11-5-10-15-8-4-9-17(12-15)14-19-13-16-6-2-1-3-7-16/h1-4,6-9,12H,11,13-14,18H2. The van der Waals surface area contributed by atoms with Crippen molar-refractivity contribution in [1.82, 2.24) is 0 Å². The van der Waals surface area contributed by atoms with Gasteiger partial charge < -0.3 is 5.73 Å². The van der Waals surface area contributed by atoms with Gasteiger partial charge in [0.25, 0.3) is 0 Å². The first kappa shape index (κ1) is 13.7. The van der Waals surface area contributed by atoms with Crippen LogP contribution in [0.3, 0.4) is 0 Å². The number of rotatable bonds is 4. The molecule has 0 aliphatic heterocycles. The molecule has 0 saturated heterocycles. The van der Waals surface area contributed by atoms with Gasteiger partial charge >= 0.3 is 0 Å². The van der Waals surface area contributed by atoms with Crippen molar-refractivity contribution in [3.05, 3.63) is 71.3 Å². The topological polar surface area (TPSA) is 26.0 Å². The van der Waals surface area contributed by atoms with Gasteiger partial charge in [-0.1, -0.05) is 54.3 Å². The van der Waals surface area contributed by atoms with Crippen molar-refractivity contribution in [1.29, 1.82) is 0 Å². The first-order valence-electron chi connectivity index (χ1n) is 6.28. The summed E-state index contributed by atoms with van der Waals surface area (Å²) < 4.78 is 0. The maximum Gasteiger partial charge on any atom is 0.0555 e. The highest BCUT2D eigenvalue weighted by Gasteiger charge is 1.96. The van der Waals surface area contributed by atoms with E-state index in [4.69, 9.17) is 5.73 Å². The Morgan fingerprint density at radius 1 is 0.895 bits per heavy atom. The Hall–Kier alpha value is -1.69. The van der Waals surface area contributed by atoms with Crippen LogP contribution in [0.2, 0.25) is 0 Å². The van der Waals surface area contributed by atoms with E-state index in [2.05, 4.69) is 54.3 Å². The Labute approximate surface area is 119 Å². The number of thioether (sulfide) groups is 1. The first-order chi connectivity index (χ1) is 9.38. The Morgan fingerprint density at radius 3 is 2.42 bits per heavy atom. The van der Waals surface area contributed by atoms with E-state index in [0.29, 0.717) is 6.54 Å². The zero-order valence-corrected chi connectivity index (χ0v) is 11.6. The minimum absolute atomic E-state index is 0.410. The van der Waals surface area contributed by atoms with Gasteiger partial charge in [0.05, 0.1) is 6.54 Å². The molecule has 0 aliphatic rings. The van der Waals surface area contributed by atoms with Gasteiger partial charge in [0.1, 0.15) is 0 Å². The van der Waals surface area contributed by atoms with Gasteiger partial charge in [0.2, 0.25) is 0 Å². The fourth-order valence-corrected chi connectivity index (χ4v) is 2.70. The molecule has 0 spiro atoms. The third-order valence-corrected chi connectivity index (χ3v) is 3.72. The zero-order chi connectivity index (χ0) is 13.3. The predicted octanol–water partition coefficient (Wildman–Crippen LogP) is 3.43. The van der Waals surface area contributed by atoms with Crippen LogP contribution in [0.15, 0.2) is 54.6 Å². The van der Waals surface area contributed by atoms with Crippen molar-refractivity contribution in [3.8, 4) is 11.8 Å². The molecule has 0 radical (unpaired) electrons. The minimum Gasteiger partial charge on any atom is -0.320 e. The maximum atomic E-state index is 5.38. The lowest BCUT2D eigenvalue weighted by Crippen LogP contribution is -1.93. The molecule has 0 aliphatic carbocycles. The molecule has 1 nitrogen and oxygen atoms in total. The van der Waals surface area contributed by atoms with Gasteiger partial charge in [-0.2, -0.15) is 11.8 Å². The van der Waals surface area contributed by atoms with Crippen molar-refractivity contribution in [2.75, 3.05) is 6.54 Å². The molecule has 2 heteroatoms. The van der Waals surface area contributed by atoms with E-state index in [9.17, 15) is 0 Å². The molecule has 2 rings (SSSR count). The van der Waals surface area contributed by atoms with E-state index < -0.39 is 0 Å². The number of hydrogen-bond donors (Lipinski definition) is 1. The largest absolute Gasteiger partial charge is 0.320 e. The van der Waals surface area contributed by atoms with Gasteiger partial charge in [-0.15, -0.1) is 0 Å². The predicted molar refractivity (Wildman–Crippen MR) is 83.8 cm³/mol. The van der Waals surface area contributed by atoms with Crippen molar-refractivity contribution in [3.63, 3.8) is 0 Å². The maximum absolute atomic E-state index is 5.38. The lowest BCUT2D eigenvalue weighted by molar-refractivity contribution is 1.30. The summed E-state index contributed by atoms with van der Waals surface area (Å²) in [4.78, 5) is 0. The van der Waals surface area contributed by atoms with Crippen LogP contribution in [-0.2, 0) is 11.5 Å². The van der Waals surface area contributed by atoms with Gasteiger partial charge in [-0.25, -0.2) is 0 Å². The average molecular weight is 267 g/mol. The summed E-state index contributed by atoms with van der Waals surface area (Å²) in [7, 11) is 0. The lowest BCUT2D eigenvalue weighted by Gasteiger charge is -2.03. The summed E-state index contributed by atoms with van der Waals surface area (Å²) in [5.74, 6) is 8.00. The summed E-state index contributed by atoms with van der Waals surface area (Å²) in [5.41, 5.74) is 9.10. The highest BCUT2D eigenvalue weighted by Crippen LogP contribution is 2.18. The molecule has 0 amide bonds. The van der Waals surface area contributed by atoms with Crippen LogP contribution < -0.4 is 5.73 Å². The van der Waals surface area contributed by atoms with Crippen molar-refractivity contribution in [2.45, 2.75) is 11.5 Å². The Bertz CT molecular complexity index is 567. The van der Waals surface area contributed by atoms with E-state index in [1.807, 2.05) is 23.9 Å². The molecule has 0 atom stereocenters. The number of benzene rings is 2. The second-order valence-electron chi connectivity index (χ2n) is 4.18.